The van der Waals surface area contributed by atoms with Gasteiger partial charge in [-0.25, -0.2) is 8.42 Å². The van der Waals surface area contributed by atoms with E-state index in [0.717, 1.165) is 0 Å². The summed E-state index contributed by atoms with van der Waals surface area (Å²) in [4.78, 5) is 12.4. The van der Waals surface area contributed by atoms with Gasteiger partial charge in [-0.2, -0.15) is 0 Å². The van der Waals surface area contributed by atoms with Crippen LogP contribution < -0.4 is 0 Å². The van der Waals surface area contributed by atoms with Crippen molar-refractivity contribution in [1.82, 2.24) is 4.90 Å². The summed E-state index contributed by atoms with van der Waals surface area (Å²) < 4.78 is 22.1. The van der Waals surface area contributed by atoms with Gasteiger partial charge in [-0.15, -0.1) is 0 Å². The first-order chi connectivity index (χ1) is 7.02. The first-order valence-electron chi connectivity index (χ1n) is 5.17. The first kappa shape index (κ1) is 15.4. The monoisotopic (exact) mass is 251 g/mol. The average Bonchev–Trinajstić information content (AvgIpc) is 1.98. The predicted molar refractivity (Wildman–Crippen MR) is 63.3 cm³/mol. The van der Waals surface area contributed by atoms with Gasteiger partial charge in [0.1, 0.15) is 9.84 Å². The number of hydrogen-bond donors (Lipinski definition) is 1. The molecule has 16 heavy (non-hydrogen) atoms. The van der Waals surface area contributed by atoms with Crippen molar-refractivity contribution in [2.45, 2.75) is 32.7 Å². The van der Waals surface area contributed by atoms with Gasteiger partial charge < -0.3 is 5.11 Å². The fourth-order valence-corrected chi connectivity index (χ4v) is 1.84. The second-order valence-corrected chi connectivity index (χ2v) is 7.19. The van der Waals surface area contributed by atoms with Crippen LogP contribution in [0.3, 0.4) is 0 Å². The maximum atomic E-state index is 11.1. The number of nitrogens with zero attached hydrogens (tertiary/aromatic N) is 1. The Morgan fingerprint density at radius 2 is 1.75 bits per heavy atom. The molecule has 0 aliphatic heterocycles. The molecule has 0 heterocycles. The maximum absolute atomic E-state index is 11.1. The van der Waals surface area contributed by atoms with Crippen LogP contribution in [0.1, 0.15) is 27.2 Å². The van der Waals surface area contributed by atoms with Gasteiger partial charge in [0, 0.05) is 24.9 Å². The molecule has 1 N–H and O–H groups in total. The van der Waals surface area contributed by atoms with E-state index in [4.69, 9.17) is 5.11 Å². The van der Waals surface area contributed by atoms with Crippen molar-refractivity contribution in [3.8, 4) is 0 Å². The summed E-state index contributed by atoms with van der Waals surface area (Å²) in [5.74, 6) is -0.808. The Kier molecular flexibility index (Phi) is 5.41. The van der Waals surface area contributed by atoms with Crippen LogP contribution in [-0.2, 0) is 14.6 Å². The Morgan fingerprint density at radius 3 is 2.06 bits per heavy atom. The normalized spacial score (nSPS) is 13.1. The summed E-state index contributed by atoms with van der Waals surface area (Å²) in [5, 5.41) is 8.61. The molecule has 0 unspecified atom stereocenters. The Morgan fingerprint density at radius 1 is 1.25 bits per heavy atom. The van der Waals surface area contributed by atoms with E-state index in [9.17, 15) is 13.2 Å². The summed E-state index contributed by atoms with van der Waals surface area (Å²) in [6.45, 7) is 6.56. The third-order valence-electron chi connectivity index (χ3n) is 2.28. The number of rotatable bonds is 6. The minimum atomic E-state index is -3.01. The van der Waals surface area contributed by atoms with Crippen molar-refractivity contribution in [2.75, 3.05) is 25.1 Å². The van der Waals surface area contributed by atoms with E-state index in [1.165, 1.54) is 6.26 Å². The van der Waals surface area contributed by atoms with Gasteiger partial charge in [0.15, 0.2) is 0 Å². The van der Waals surface area contributed by atoms with Crippen LogP contribution in [0.25, 0.3) is 0 Å². The Bertz CT molecular complexity index is 329. The number of carbonyl (C=O) groups is 1. The van der Waals surface area contributed by atoms with Gasteiger partial charge in [-0.1, -0.05) is 0 Å². The summed E-state index contributed by atoms with van der Waals surface area (Å²) in [7, 11) is -3.01. The number of aliphatic carboxylic acids is 1. The molecule has 0 aromatic heterocycles. The number of sulfone groups is 1. The van der Waals surface area contributed by atoms with E-state index in [-0.39, 0.29) is 17.7 Å². The molecule has 6 heteroatoms. The van der Waals surface area contributed by atoms with Crippen molar-refractivity contribution in [1.29, 1.82) is 0 Å². The fourth-order valence-electron chi connectivity index (χ4n) is 1.29. The molecule has 0 aliphatic rings. The van der Waals surface area contributed by atoms with E-state index in [1.807, 2.05) is 25.7 Å². The summed E-state index contributed by atoms with van der Waals surface area (Å²) in [5.41, 5.74) is -0.222. The molecule has 0 fully saturated rings. The van der Waals surface area contributed by atoms with Gasteiger partial charge in [0.25, 0.3) is 0 Å². The Hall–Kier alpha value is -0.620. The molecule has 0 atom stereocenters. The standard InChI is InChI=1S/C10H21NO4S/c1-10(2,3)11(6-5-9(12)13)7-8-16(4,14)15/h5-8H2,1-4H3,(H,12,13). The Labute approximate surface area is 97.4 Å². The predicted octanol–water partition coefficient (Wildman–Crippen LogP) is 0.606. The summed E-state index contributed by atoms with van der Waals surface area (Å²) in [6, 6.07) is 0. The van der Waals surface area contributed by atoms with Crippen molar-refractivity contribution >= 4 is 15.8 Å². The molecule has 0 radical (unpaired) electrons. The first-order valence-corrected chi connectivity index (χ1v) is 7.23. The molecular weight excluding hydrogens is 230 g/mol. The molecule has 0 spiro atoms. The molecule has 0 aromatic carbocycles. The third kappa shape index (κ3) is 7.64. The highest BCUT2D eigenvalue weighted by Crippen LogP contribution is 2.13. The largest absolute Gasteiger partial charge is 0.481 e. The minimum absolute atomic E-state index is 0.0288. The maximum Gasteiger partial charge on any atom is 0.304 e. The van der Waals surface area contributed by atoms with Crippen LogP contribution in [0.2, 0.25) is 0 Å². The lowest BCUT2D eigenvalue weighted by molar-refractivity contribution is -0.137. The van der Waals surface area contributed by atoms with Crippen LogP contribution in [0, 0.1) is 0 Å². The number of carboxylic acid groups (broad SMARTS) is 1. The van der Waals surface area contributed by atoms with Gasteiger partial charge in [-0.05, 0) is 20.8 Å². The molecule has 0 saturated heterocycles. The average molecular weight is 251 g/mol. The Balaban J connectivity index is 4.40. The van der Waals surface area contributed by atoms with E-state index in [2.05, 4.69) is 0 Å². The SMILES string of the molecule is CC(C)(C)N(CCC(=O)O)CCS(C)(=O)=O. The van der Waals surface area contributed by atoms with Crippen LogP contribution in [-0.4, -0.2) is 55.0 Å². The fraction of sp³-hybridized carbons (Fsp3) is 0.900. The van der Waals surface area contributed by atoms with Crippen LogP contribution >= 0.6 is 0 Å². The van der Waals surface area contributed by atoms with Gasteiger partial charge in [0.2, 0.25) is 0 Å². The lowest BCUT2D eigenvalue weighted by Crippen LogP contribution is -2.44. The molecule has 0 amide bonds. The lowest BCUT2D eigenvalue weighted by atomic mass is 10.1. The molecule has 0 bridgehead atoms. The van der Waals surface area contributed by atoms with E-state index < -0.39 is 15.8 Å². The second kappa shape index (κ2) is 5.63. The van der Waals surface area contributed by atoms with Crippen molar-refractivity contribution in [2.24, 2.45) is 0 Å². The highest BCUT2D eigenvalue weighted by atomic mass is 32.2. The van der Waals surface area contributed by atoms with Crippen molar-refractivity contribution in [3.05, 3.63) is 0 Å². The molecule has 0 saturated carbocycles. The van der Waals surface area contributed by atoms with Crippen molar-refractivity contribution < 1.29 is 18.3 Å². The molecule has 0 aromatic rings. The molecule has 5 nitrogen and oxygen atoms in total. The topological polar surface area (TPSA) is 74.7 Å². The smallest absolute Gasteiger partial charge is 0.304 e. The van der Waals surface area contributed by atoms with Gasteiger partial charge in [-0.3, -0.25) is 9.69 Å². The van der Waals surface area contributed by atoms with E-state index in [0.29, 0.717) is 13.1 Å². The lowest BCUT2D eigenvalue weighted by Gasteiger charge is -2.35. The minimum Gasteiger partial charge on any atom is -0.481 e. The summed E-state index contributed by atoms with van der Waals surface area (Å²) >= 11 is 0. The third-order valence-corrected chi connectivity index (χ3v) is 3.20. The van der Waals surface area contributed by atoms with Crippen molar-refractivity contribution in [3.63, 3.8) is 0 Å². The highest BCUT2D eigenvalue weighted by molar-refractivity contribution is 7.90. The van der Waals surface area contributed by atoms with Crippen LogP contribution in [0.15, 0.2) is 0 Å². The highest BCUT2D eigenvalue weighted by Gasteiger charge is 2.22. The van der Waals surface area contributed by atoms with E-state index in [1.54, 1.807) is 0 Å². The molecule has 0 aliphatic carbocycles. The van der Waals surface area contributed by atoms with Crippen LogP contribution in [0.4, 0.5) is 0 Å². The zero-order chi connectivity index (χ0) is 13.0. The van der Waals surface area contributed by atoms with E-state index >= 15 is 0 Å². The zero-order valence-electron chi connectivity index (χ0n) is 10.4. The van der Waals surface area contributed by atoms with Crippen LogP contribution in [0.5, 0.6) is 0 Å². The summed E-state index contributed by atoms with van der Waals surface area (Å²) in [6.07, 6.45) is 1.21. The van der Waals surface area contributed by atoms with Gasteiger partial charge in [0.05, 0.1) is 12.2 Å². The number of hydrogen-bond acceptors (Lipinski definition) is 4. The quantitative estimate of drug-likeness (QED) is 0.748. The number of carboxylic acids is 1. The second-order valence-electron chi connectivity index (χ2n) is 4.93. The zero-order valence-corrected chi connectivity index (χ0v) is 11.2. The molecular formula is C10H21NO4S. The molecule has 96 valence electrons. The molecule has 0 rings (SSSR count). The van der Waals surface area contributed by atoms with Gasteiger partial charge >= 0.3 is 5.97 Å².